The summed E-state index contributed by atoms with van der Waals surface area (Å²) in [5, 5.41) is 0. The molecule has 0 aromatic rings. The molecule has 0 radical (unpaired) electrons. The Labute approximate surface area is 146 Å². The average molecular weight is 339 g/mol. The van der Waals surface area contributed by atoms with E-state index in [2.05, 4.69) is 6.92 Å². The van der Waals surface area contributed by atoms with Gasteiger partial charge >= 0.3 is 146 Å². The zero-order valence-corrected chi connectivity index (χ0v) is 17.0. The van der Waals surface area contributed by atoms with Crippen LogP contribution in [0.25, 0.3) is 0 Å². The minimum atomic E-state index is -1.11. The second kappa shape index (κ2) is 9.22. The van der Waals surface area contributed by atoms with Crippen LogP contribution < -0.4 is 0 Å². The molecule has 0 aliphatic heterocycles. The van der Waals surface area contributed by atoms with E-state index >= 15 is 0 Å². The Hall–Kier alpha value is 0.430. The maximum atomic E-state index is 2.45. The van der Waals surface area contributed by atoms with Crippen molar-refractivity contribution in [1.82, 2.24) is 0 Å². The molecule has 0 nitrogen and oxygen atoms in total. The van der Waals surface area contributed by atoms with Crippen LogP contribution in [0.2, 0.25) is 0 Å². The van der Waals surface area contributed by atoms with Gasteiger partial charge < -0.3 is 0 Å². The summed E-state index contributed by atoms with van der Waals surface area (Å²) in [7, 11) is -1.11. The fourth-order valence-corrected chi connectivity index (χ4v) is 15.7. The van der Waals surface area contributed by atoms with Crippen LogP contribution in [0, 0.1) is 0 Å². The third kappa shape index (κ3) is 4.16. The van der Waals surface area contributed by atoms with Crippen molar-refractivity contribution in [2.24, 2.45) is 0 Å². The SMILES string of the molecule is CCCC[PH](C1CCCCC1)(C1CCCCC1)C1CCCCC1. The van der Waals surface area contributed by atoms with Gasteiger partial charge in [0.25, 0.3) is 0 Å². The van der Waals surface area contributed by atoms with Crippen LogP contribution in [0.3, 0.4) is 0 Å². The van der Waals surface area contributed by atoms with Crippen LogP contribution >= 0.6 is 7.26 Å². The third-order valence-corrected chi connectivity index (χ3v) is 15.6. The maximum absolute atomic E-state index is 2.45. The Kier molecular flexibility index (Phi) is 7.30. The molecule has 136 valence electrons. The summed E-state index contributed by atoms with van der Waals surface area (Å²) >= 11 is 0. The molecule has 0 aromatic heterocycles. The first-order valence-electron chi connectivity index (χ1n) is 11.4. The van der Waals surface area contributed by atoms with Crippen molar-refractivity contribution in [3.05, 3.63) is 0 Å². The number of unbranched alkanes of at least 4 members (excludes halogenated alkanes) is 1. The summed E-state index contributed by atoms with van der Waals surface area (Å²) in [6.07, 6.45) is 28.7. The van der Waals surface area contributed by atoms with Crippen LogP contribution in [-0.2, 0) is 0 Å². The summed E-state index contributed by atoms with van der Waals surface area (Å²) in [6, 6.07) is 0. The Morgan fingerprint density at radius 1 is 0.565 bits per heavy atom. The zero-order chi connectivity index (χ0) is 16.0. The predicted molar refractivity (Wildman–Crippen MR) is 109 cm³/mol. The standard InChI is InChI=1S/C22H43P/c1-2-3-19-23(20-13-7-4-8-14-20,21-15-9-5-10-16-21)22-17-11-6-12-18-22/h20-23H,2-19H2,1H3. The van der Waals surface area contributed by atoms with Gasteiger partial charge in [-0.15, -0.1) is 0 Å². The molecule has 0 unspecified atom stereocenters. The first-order chi connectivity index (χ1) is 11.4. The van der Waals surface area contributed by atoms with Crippen LogP contribution in [0.15, 0.2) is 0 Å². The van der Waals surface area contributed by atoms with Crippen LogP contribution in [0.4, 0.5) is 0 Å². The summed E-state index contributed by atoms with van der Waals surface area (Å²) in [6.45, 7) is 2.45. The van der Waals surface area contributed by atoms with E-state index in [-0.39, 0.29) is 0 Å². The Morgan fingerprint density at radius 3 is 1.22 bits per heavy atom. The van der Waals surface area contributed by atoms with Gasteiger partial charge in [0.1, 0.15) is 0 Å². The van der Waals surface area contributed by atoms with E-state index in [1.807, 2.05) is 0 Å². The molecule has 0 saturated heterocycles. The molecule has 0 atom stereocenters. The van der Waals surface area contributed by atoms with Gasteiger partial charge in [-0.3, -0.25) is 0 Å². The molecule has 0 amide bonds. The van der Waals surface area contributed by atoms with Crippen molar-refractivity contribution in [1.29, 1.82) is 0 Å². The minimum absolute atomic E-state index is 1.11. The molecule has 0 aromatic carbocycles. The molecule has 0 spiro atoms. The molecule has 0 heterocycles. The van der Waals surface area contributed by atoms with Gasteiger partial charge in [0, 0.05) is 0 Å². The average Bonchev–Trinajstić information content (AvgIpc) is 2.65. The molecule has 3 rings (SSSR count). The summed E-state index contributed by atoms with van der Waals surface area (Å²) in [5.41, 5.74) is 3.69. The third-order valence-electron chi connectivity index (χ3n) is 8.06. The predicted octanol–water partition coefficient (Wildman–Crippen LogP) is 7.53. The Morgan fingerprint density at radius 2 is 0.913 bits per heavy atom. The van der Waals surface area contributed by atoms with Gasteiger partial charge in [-0.1, -0.05) is 0 Å². The van der Waals surface area contributed by atoms with Crippen molar-refractivity contribution < 1.29 is 0 Å². The van der Waals surface area contributed by atoms with Crippen LogP contribution in [0.5, 0.6) is 0 Å². The monoisotopic (exact) mass is 338 g/mol. The first-order valence-corrected chi connectivity index (χ1v) is 13.8. The van der Waals surface area contributed by atoms with E-state index in [1.165, 1.54) is 23.4 Å². The van der Waals surface area contributed by atoms with E-state index in [9.17, 15) is 0 Å². The molecule has 0 N–H and O–H groups in total. The fraction of sp³-hybridized carbons (Fsp3) is 1.00. The molecule has 1 heteroatoms. The summed E-state index contributed by atoms with van der Waals surface area (Å²) in [5.74, 6) is 0. The van der Waals surface area contributed by atoms with E-state index in [1.54, 1.807) is 109 Å². The van der Waals surface area contributed by atoms with E-state index in [0.717, 1.165) is 0 Å². The fourth-order valence-electron chi connectivity index (χ4n) is 7.02. The number of hydrogen-bond acceptors (Lipinski definition) is 0. The number of rotatable bonds is 6. The van der Waals surface area contributed by atoms with Crippen molar-refractivity contribution in [2.75, 3.05) is 6.16 Å². The van der Waals surface area contributed by atoms with E-state index in [4.69, 9.17) is 0 Å². The van der Waals surface area contributed by atoms with Gasteiger partial charge in [0.15, 0.2) is 0 Å². The summed E-state index contributed by atoms with van der Waals surface area (Å²) < 4.78 is 0. The van der Waals surface area contributed by atoms with E-state index < -0.39 is 7.26 Å². The van der Waals surface area contributed by atoms with Gasteiger partial charge in [-0.25, -0.2) is 0 Å². The van der Waals surface area contributed by atoms with Crippen molar-refractivity contribution in [3.8, 4) is 0 Å². The van der Waals surface area contributed by atoms with Crippen molar-refractivity contribution >= 4 is 7.26 Å². The zero-order valence-electron chi connectivity index (χ0n) is 16.0. The van der Waals surface area contributed by atoms with Crippen LogP contribution in [-0.4, -0.2) is 23.1 Å². The van der Waals surface area contributed by atoms with Crippen molar-refractivity contribution in [3.63, 3.8) is 0 Å². The molecule has 23 heavy (non-hydrogen) atoms. The second-order valence-electron chi connectivity index (χ2n) is 9.22. The molecular weight excluding hydrogens is 295 g/mol. The van der Waals surface area contributed by atoms with Gasteiger partial charge in [-0.05, 0) is 0 Å². The molecular formula is C22H43P. The molecule has 3 saturated carbocycles. The van der Waals surface area contributed by atoms with Gasteiger partial charge in [-0.2, -0.15) is 0 Å². The Bertz CT molecular complexity index is 273. The van der Waals surface area contributed by atoms with E-state index in [0.29, 0.717) is 0 Å². The first kappa shape index (κ1) is 18.2. The van der Waals surface area contributed by atoms with Crippen LogP contribution in [0.1, 0.15) is 116 Å². The van der Waals surface area contributed by atoms with Crippen molar-refractivity contribution in [2.45, 2.75) is 133 Å². The quantitative estimate of drug-likeness (QED) is 0.439. The normalized spacial score (nSPS) is 27.2. The Balaban J connectivity index is 1.88. The molecule has 3 fully saturated rings. The second-order valence-corrected chi connectivity index (χ2v) is 14.4. The topological polar surface area (TPSA) is 0 Å². The molecule has 0 bridgehead atoms. The molecule has 3 aliphatic rings. The molecule has 3 aliphatic carbocycles. The van der Waals surface area contributed by atoms with Gasteiger partial charge in [0.05, 0.1) is 0 Å². The summed E-state index contributed by atoms with van der Waals surface area (Å²) in [4.78, 5) is 0. The van der Waals surface area contributed by atoms with Gasteiger partial charge in [0.2, 0.25) is 0 Å². The number of hydrogen-bond donors (Lipinski definition) is 0.